The molecule has 0 fully saturated rings. The number of nitrogens with zero attached hydrogens (tertiary/aromatic N) is 1. The van der Waals surface area contributed by atoms with Gasteiger partial charge in [0.1, 0.15) is 11.6 Å². The second kappa shape index (κ2) is 9.71. The van der Waals surface area contributed by atoms with Gasteiger partial charge < -0.3 is 21.1 Å². The molecule has 0 heterocycles. The molecular weight excluding hydrogens is 340 g/mol. The Hall–Kier alpha value is -2.68. The molecule has 26 heavy (non-hydrogen) atoms. The van der Waals surface area contributed by atoms with Gasteiger partial charge in [-0.3, -0.25) is 14.9 Å². The lowest BCUT2D eigenvalue weighted by atomic mass is 10.1. The zero-order chi connectivity index (χ0) is 19.7. The Kier molecular flexibility index (Phi) is 7.98. The number of carbonyl (C=O) groups is 2. The van der Waals surface area contributed by atoms with Crippen molar-refractivity contribution in [1.82, 2.24) is 5.32 Å². The highest BCUT2D eigenvalue weighted by atomic mass is 16.6. The van der Waals surface area contributed by atoms with Crippen molar-refractivity contribution in [1.29, 1.82) is 0 Å². The van der Waals surface area contributed by atoms with Gasteiger partial charge in [0.05, 0.1) is 4.92 Å². The minimum atomic E-state index is -0.799. The molecule has 9 nitrogen and oxygen atoms in total. The van der Waals surface area contributed by atoms with Crippen LogP contribution < -0.4 is 16.4 Å². The van der Waals surface area contributed by atoms with E-state index in [1.54, 1.807) is 20.8 Å². The van der Waals surface area contributed by atoms with Crippen LogP contribution in [-0.2, 0) is 9.53 Å². The highest BCUT2D eigenvalue weighted by Gasteiger charge is 2.24. The predicted molar refractivity (Wildman–Crippen MR) is 97.8 cm³/mol. The summed E-state index contributed by atoms with van der Waals surface area (Å²) in [4.78, 5) is 34.6. The van der Waals surface area contributed by atoms with Crippen molar-refractivity contribution in [2.75, 3.05) is 11.9 Å². The molecule has 1 atom stereocenters. The number of hydrogen-bond acceptors (Lipinski definition) is 6. The molecule has 0 aliphatic heterocycles. The van der Waals surface area contributed by atoms with Gasteiger partial charge in [0, 0.05) is 17.8 Å². The van der Waals surface area contributed by atoms with Gasteiger partial charge in [0.2, 0.25) is 5.91 Å². The molecule has 1 rings (SSSR count). The third-order valence-corrected chi connectivity index (χ3v) is 3.30. The van der Waals surface area contributed by atoms with Gasteiger partial charge in [-0.05, 0) is 58.7 Å². The van der Waals surface area contributed by atoms with E-state index in [9.17, 15) is 19.7 Å². The van der Waals surface area contributed by atoms with Gasteiger partial charge in [0.15, 0.2) is 0 Å². The number of benzene rings is 1. The number of amides is 2. The first kappa shape index (κ1) is 21.4. The van der Waals surface area contributed by atoms with Crippen molar-refractivity contribution in [3.05, 3.63) is 34.4 Å². The minimum Gasteiger partial charge on any atom is -0.444 e. The van der Waals surface area contributed by atoms with Crippen LogP contribution in [0, 0.1) is 10.1 Å². The third kappa shape index (κ3) is 7.93. The summed E-state index contributed by atoms with van der Waals surface area (Å²) in [5.74, 6) is -0.429. The normalized spacial score (nSPS) is 12.2. The standard InChI is InChI=1S/C17H26N4O5/c1-17(2,3)26-16(23)20-14(6-4-5-11-18)15(22)19-12-7-9-13(10-8-12)21(24)25/h7-10,14H,4-6,11,18H2,1-3H3,(H,19,22)(H,20,23)/t14-/m0/s1. The van der Waals surface area contributed by atoms with Gasteiger partial charge >= 0.3 is 6.09 Å². The molecule has 0 aliphatic carbocycles. The fourth-order valence-electron chi connectivity index (χ4n) is 2.11. The van der Waals surface area contributed by atoms with Crippen molar-refractivity contribution < 1.29 is 19.2 Å². The first-order valence-corrected chi connectivity index (χ1v) is 8.37. The van der Waals surface area contributed by atoms with Crippen LogP contribution in [0.25, 0.3) is 0 Å². The maximum atomic E-state index is 12.5. The number of carbonyl (C=O) groups excluding carboxylic acids is 2. The van der Waals surface area contributed by atoms with E-state index in [-0.39, 0.29) is 5.69 Å². The molecule has 1 aromatic carbocycles. The predicted octanol–water partition coefficient (Wildman–Crippen LogP) is 2.56. The van der Waals surface area contributed by atoms with Crippen molar-refractivity contribution >= 4 is 23.4 Å². The number of nitrogens with one attached hydrogen (secondary N) is 2. The van der Waals surface area contributed by atoms with Gasteiger partial charge in [-0.25, -0.2) is 4.79 Å². The highest BCUT2D eigenvalue weighted by Crippen LogP contribution is 2.16. The summed E-state index contributed by atoms with van der Waals surface area (Å²) < 4.78 is 5.19. The fourth-order valence-corrected chi connectivity index (χ4v) is 2.11. The molecule has 1 aromatic rings. The molecule has 0 aromatic heterocycles. The third-order valence-electron chi connectivity index (χ3n) is 3.30. The number of nitro benzene ring substituents is 1. The first-order chi connectivity index (χ1) is 12.1. The summed E-state index contributed by atoms with van der Waals surface area (Å²) in [6, 6.07) is 4.65. The van der Waals surface area contributed by atoms with E-state index >= 15 is 0 Å². The number of rotatable bonds is 8. The summed E-state index contributed by atoms with van der Waals surface area (Å²) >= 11 is 0. The summed E-state index contributed by atoms with van der Waals surface area (Å²) in [6.45, 7) is 5.68. The van der Waals surface area contributed by atoms with Crippen LogP contribution >= 0.6 is 0 Å². The van der Waals surface area contributed by atoms with Crippen molar-refractivity contribution in [2.24, 2.45) is 5.73 Å². The molecular formula is C17H26N4O5. The molecule has 0 radical (unpaired) electrons. The lowest BCUT2D eigenvalue weighted by Crippen LogP contribution is -2.45. The van der Waals surface area contributed by atoms with Gasteiger partial charge in [-0.1, -0.05) is 0 Å². The Labute approximate surface area is 152 Å². The van der Waals surface area contributed by atoms with Crippen LogP contribution in [0.1, 0.15) is 40.0 Å². The second-order valence-electron chi connectivity index (χ2n) is 6.78. The van der Waals surface area contributed by atoms with Crippen LogP contribution in [0.2, 0.25) is 0 Å². The van der Waals surface area contributed by atoms with E-state index in [4.69, 9.17) is 10.5 Å². The second-order valence-corrected chi connectivity index (χ2v) is 6.78. The molecule has 0 saturated heterocycles. The topological polar surface area (TPSA) is 137 Å². The Morgan fingerprint density at radius 1 is 1.23 bits per heavy atom. The number of unbranched alkanes of at least 4 members (excludes halogenated alkanes) is 1. The number of anilines is 1. The van der Waals surface area contributed by atoms with E-state index < -0.39 is 28.6 Å². The monoisotopic (exact) mass is 366 g/mol. The average molecular weight is 366 g/mol. The van der Waals surface area contributed by atoms with Crippen LogP contribution in [0.4, 0.5) is 16.2 Å². The van der Waals surface area contributed by atoms with Crippen LogP contribution in [0.5, 0.6) is 0 Å². The van der Waals surface area contributed by atoms with Crippen LogP contribution in [0.3, 0.4) is 0 Å². The average Bonchev–Trinajstić information content (AvgIpc) is 2.52. The van der Waals surface area contributed by atoms with Crippen molar-refractivity contribution in [2.45, 2.75) is 51.7 Å². The van der Waals surface area contributed by atoms with Crippen LogP contribution in [0.15, 0.2) is 24.3 Å². The molecule has 0 bridgehead atoms. The number of alkyl carbamates (subject to hydrolysis) is 1. The Morgan fingerprint density at radius 3 is 2.35 bits per heavy atom. The zero-order valence-electron chi connectivity index (χ0n) is 15.3. The molecule has 0 spiro atoms. The van der Waals surface area contributed by atoms with E-state index in [0.29, 0.717) is 25.1 Å². The van der Waals surface area contributed by atoms with E-state index in [0.717, 1.165) is 6.42 Å². The lowest BCUT2D eigenvalue weighted by molar-refractivity contribution is -0.384. The number of hydrogen-bond donors (Lipinski definition) is 3. The first-order valence-electron chi connectivity index (χ1n) is 8.37. The number of ether oxygens (including phenoxy) is 1. The van der Waals surface area contributed by atoms with Crippen molar-refractivity contribution in [3.63, 3.8) is 0 Å². The lowest BCUT2D eigenvalue weighted by Gasteiger charge is -2.23. The maximum absolute atomic E-state index is 12.5. The minimum absolute atomic E-state index is 0.0747. The largest absolute Gasteiger partial charge is 0.444 e. The van der Waals surface area contributed by atoms with Gasteiger partial charge in [0.25, 0.3) is 5.69 Å². The SMILES string of the molecule is CC(C)(C)OC(=O)N[C@@H](CCCCN)C(=O)Nc1ccc([N+](=O)[O-])cc1. The summed E-state index contributed by atoms with van der Waals surface area (Å²) in [7, 11) is 0. The summed E-state index contributed by atoms with van der Waals surface area (Å²) in [5, 5.41) is 15.9. The zero-order valence-corrected chi connectivity index (χ0v) is 15.3. The summed E-state index contributed by atoms with van der Waals surface area (Å²) in [6.07, 6.45) is 1.09. The number of nitro groups is 1. The van der Waals surface area contributed by atoms with E-state index in [1.807, 2.05) is 0 Å². The molecule has 0 saturated carbocycles. The van der Waals surface area contributed by atoms with Gasteiger partial charge in [-0.2, -0.15) is 0 Å². The molecule has 4 N–H and O–H groups in total. The van der Waals surface area contributed by atoms with E-state index in [1.165, 1.54) is 24.3 Å². The van der Waals surface area contributed by atoms with Gasteiger partial charge in [-0.15, -0.1) is 0 Å². The van der Waals surface area contributed by atoms with Crippen molar-refractivity contribution in [3.8, 4) is 0 Å². The fraction of sp³-hybridized carbons (Fsp3) is 0.529. The Balaban J connectivity index is 2.75. The molecule has 9 heteroatoms. The quantitative estimate of drug-likeness (QED) is 0.367. The molecule has 0 unspecified atom stereocenters. The maximum Gasteiger partial charge on any atom is 0.408 e. The highest BCUT2D eigenvalue weighted by molar-refractivity contribution is 5.96. The number of nitrogens with two attached hydrogens (primary N) is 1. The van der Waals surface area contributed by atoms with Crippen LogP contribution in [-0.4, -0.2) is 35.1 Å². The Morgan fingerprint density at radius 2 is 1.85 bits per heavy atom. The molecule has 0 aliphatic rings. The molecule has 144 valence electrons. The van der Waals surface area contributed by atoms with E-state index in [2.05, 4.69) is 10.6 Å². The number of non-ortho nitro benzene ring substituents is 1. The smallest absolute Gasteiger partial charge is 0.408 e. The molecule has 2 amide bonds. The Bertz CT molecular complexity index is 625. The summed E-state index contributed by atoms with van der Waals surface area (Å²) in [5.41, 5.74) is 5.11.